The first-order valence-electron chi connectivity index (χ1n) is 5.59. The van der Waals surface area contributed by atoms with Crippen molar-refractivity contribution in [2.75, 3.05) is 0 Å². The minimum atomic E-state index is -1.08. The average Bonchev–Trinajstić information content (AvgIpc) is 2.35. The maximum Gasteiger partial charge on any atom is 0.117 e. The highest BCUT2D eigenvalue weighted by atomic mass is 16.4. The lowest BCUT2D eigenvalue weighted by molar-refractivity contribution is -0.302. The van der Waals surface area contributed by atoms with Crippen molar-refractivity contribution in [1.82, 2.24) is 9.97 Å². The molecule has 0 bridgehead atoms. The number of phenols is 1. The quantitative estimate of drug-likeness (QED) is 0.611. The molecule has 5 nitrogen and oxygen atoms in total. The number of carbonyl (C=O) groups is 1. The number of rotatable bonds is 0. The summed E-state index contributed by atoms with van der Waals surface area (Å²) < 4.78 is 0. The van der Waals surface area contributed by atoms with Gasteiger partial charge in [-0.2, -0.15) is 0 Å². The normalized spacial score (nSPS) is 9.95. The third-order valence-corrected chi connectivity index (χ3v) is 2.32. The lowest BCUT2D eigenvalue weighted by Gasteiger charge is -2.00. The van der Waals surface area contributed by atoms with Crippen LogP contribution in [0.25, 0.3) is 22.1 Å². The summed E-state index contributed by atoms with van der Waals surface area (Å²) in [5.41, 5.74) is 3.23. The van der Waals surface area contributed by atoms with Crippen LogP contribution in [0.3, 0.4) is 0 Å². The zero-order valence-corrected chi connectivity index (χ0v) is 10.2. The minimum Gasteiger partial charge on any atom is -0.550 e. The van der Waals surface area contributed by atoms with Crippen LogP contribution in [0.1, 0.15) is 6.92 Å². The predicted molar refractivity (Wildman–Crippen MR) is 69.4 cm³/mol. The number of fused-ring (bicyclic) bond motifs is 2. The molecule has 0 aliphatic heterocycles. The molecule has 1 aromatic heterocycles. The largest absolute Gasteiger partial charge is 0.550 e. The van der Waals surface area contributed by atoms with E-state index in [-0.39, 0.29) is 5.75 Å². The van der Waals surface area contributed by atoms with Gasteiger partial charge in [0.05, 0.1) is 22.1 Å². The van der Waals surface area contributed by atoms with Gasteiger partial charge >= 0.3 is 0 Å². The number of nitrogens with zero attached hydrogens (tertiary/aromatic N) is 2. The fourth-order valence-corrected chi connectivity index (χ4v) is 1.61. The summed E-state index contributed by atoms with van der Waals surface area (Å²) >= 11 is 0. The summed E-state index contributed by atoms with van der Waals surface area (Å²) in [5, 5.41) is 18.2. The molecule has 0 atom stereocenters. The molecule has 0 unspecified atom stereocenters. The molecule has 0 aliphatic rings. The Morgan fingerprint density at radius 3 is 2.05 bits per heavy atom. The molecule has 0 fully saturated rings. The first-order valence-corrected chi connectivity index (χ1v) is 5.59. The molecule has 5 heteroatoms. The molecule has 3 rings (SSSR count). The molecule has 0 spiro atoms. The number of phenolic OH excluding ortho intramolecular Hbond substituents is 1. The molecule has 0 amide bonds. The van der Waals surface area contributed by atoms with Gasteiger partial charge < -0.3 is 15.0 Å². The molecule has 0 radical (unpaired) electrons. The van der Waals surface area contributed by atoms with E-state index < -0.39 is 5.97 Å². The molecular formula is C14H11N2O3-. The standard InChI is InChI=1S/C12H8N2O.C2H4O2/c15-8-5-6-11-12(7-8)14-10-4-2-1-3-9(10)13-11;1-2(3)4/h1-7,15H;1H3,(H,3,4)/p-1. The van der Waals surface area contributed by atoms with Crippen LogP contribution in [0.4, 0.5) is 0 Å². The van der Waals surface area contributed by atoms with Crippen LogP contribution in [0.5, 0.6) is 5.75 Å². The molecule has 96 valence electrons. The van der Waals surface area contributed by atoms with Crippen LogP contribution in [0.15, 0.2) is 42.5 Å². The van der Waals surface area contributed by atoms with Crippen molar-refractivity contribution in [2.45, 2.75) is 6.92 Å². The van der Waals surface area contributed by atoms with Crippen LogP contribution in [0, 0.1) is 0 Å². The minimum absolute atomic E-state index is 0.215. The number of hydrogen-bond donors (Lipinski definition) is 1. The summed E-state index contributed by atoms with van der Waals surface area (Å²) in [6.45, 7) is 0.972. The lowest BCUT2D eigenvalue weighted by atomic mass is 10.2. The fraction of sp³-hybridized carbons (Fsp3) is 0.0714. The van der Waals surface area contributed by atoms with Gasteiger partial charge in [0.1, 0.15) is 5.75 Å². The van der Waals surface area contributed by atoms with Crippen LogP contribution >= 0.6 is 0 Å². The summed E-state index contributed by atoms with van der Waals surface area (Å²) in [6, 6.07) is 12.7. The van der Waals surface area contributed by atoms with Gasteiger partial charge in [0.15, 0.2) is 0 Å². The molecular weight excluding hydrogens is 244 g/mol. The van der Waals surface area contributed by atoms with Gasteiger partial charge in [0.2, 0.25) is 0 Å². The Morgan fingerprint density at radius 1 is 1.00 bits per heavy atom. The highest BCUT2D eigenvalue weighted by Gasteiger charge is 2.00. The molecule has 0 saturated heterocycles. The number of carboxylic acids is 1. The second kappa shape index (κ2) is 5.30. The summed E-state index contributed by atoms with van der Waals surface area (Å²) in [5.74, 6) is -0.868. The second-order valence-electron chi connectivity index (χ2n) is 3.88. The van der Waals surface area contributed by atoms with Gasteiger partial charge in [0.25, 0.3) is 0 Å². The van der Waals surface area contributed by atoms with E-state index >= 15 is 0 Å². The zero-order chi connectivity index (χ0) is 13.8. The Hall–Kier alpha value is -2.69. The molecule has 0 aliphatic carbocycles. The van der Waals surface area contributed by atoms with Crippen molar-refractivity contribution < 1.29 is 15.0 Å². The fourth-order valence-electron chi connectivity index (χ4n) is 1.61. The smallest absolute Gasteiger partial charge is 0.117 e. The van der Waals surface area contributed by atoms with Crippen molar-refractivity contribution >= 4 is 28.0 Å². The number of aromatic nitrogens is 2. The van der Waals surface area contributed by atoms with Crippen molar-refractivity contribution in [2.24, 2.45) is 0 Å². The molecule has 2 aromatic carbocycles. The van der Waals surface area contributed by atoms with E-state index in [0.717, 1.165) is 23.5 Å². The van der Waals surface area contributed by atoms with Gasteiger partial charge in [-0.05, 0) is 31.2 Å². The lowest BCUT2D eigenvalue weighted by Crippen LogP contribution is -2.16. The number of hydrogen-bond acceptors (Lipinski definition) is 5. The van der Waals surface area contributed by atoms with Crippen LogP contribution in [-0.4, -0.2) is 21.0 Å². The summed E-state index contributed by atoms with van der Waals surface area (Å²) in [4.78, 5) is 17.8. The highest BCUT2D eigenvalue weighted by Crippen LogP contribution is 2.19. The second-order valence-corrected chi connectivity index (χ2v) is 3.88. The Morgan fingerprint density at radius 2 is 1.47 bits per heavy atom. The van der Waals surface area contributed by atoms with E-state index in [9.17, 15) is 5.11 Å². The monoisotopic (exact) mass is 255 g/mol. The Balaban J connectivity index is 0.000000297. The maximum absolute atomic E-state index is 9.33. The average molecular weight is 255 g/mol. The van der Waals surface area contributed by atoms with Crippen molar-refractivity contribution in [3.05, 3.63) is 42.5 Å². The third-order valence-electron chi connectivity index (χ3n) is 2.32. The maximum atomic E-state index is 9.33. The van der Waals surface area contributed by atoms with E-state index in [1.807, 2.05) is 24.3 Å². The molecule has 0 saturated carbocycles. The van der Waals surface area contributed by atoms with E-state index in [2.05, 4.69) is 9.97 Å². The SMILES string of the molecule is CC(=O)[O-].Oc1ccc2nc3ccccc3nc2c1. The van der Waals surface area contributed by atoms with E-state index in [1.54, 1.807) is 18.2 Å². The van der Waals surface area contributed by atoms with Gasteiger partial charge in [0, 0.05) is 12.0 Å². The first-order chi connectivity index (χ1) is 9.06. The molecule has 1 N–H and O–H groups in total. The van der Waals surface area contributed by atoms with E-state index in [1.165, 1.54) is 0 Å². The zero-order valence-electron chi connectivity index (χ0n) is 10.2. The number of aromatic hydroxyl groups is 1. The molecule has 3 aromatic rings. The Kier molecular flexibility index (Phi) is 3.56. The molecule has 1 heterocycles. The number of carbonyl (C=O) groups excluding carboxylic acids is 1. The number of carboxylic acid groups (broad SMARTS) is 1. The van der Waals surface area contributed by atoms with E-state index in [0.29, 0.717) is 5.52 Å². The van der Waals surface area contributed by atoms with Crippen molar-refractivity contribution in [1.29, 1.82) is 0 Å². The van der Waals surface area contributed by atoms with E-state index in [4.69, 9.17) is 9.90 Å². The predicted octanol–water partition coefficient (Wildman–Crippen LogP) is 1.24. The number of benzene rings is 2. The highest BCUT2D eigenvalue weighted by molar-refractivity contribution is 5.86. The van der Waals surface area contributed by atoms with Gasteiger partial charge in [-0.25, -0.2) is 9.97 Å². The van der Waals surface area contributed by atoms with Gasteiger partial charge in [-0.15, -0.1) is 0 Å². The van der Waals surface area contributed by atoms with Crippen molar-refractivity contribution in [3.63, 3.8) is 0 Å². The van der Waals surface area contributed by atoms with Gasteiger partial charge in [-0.1, -0.05) is 12.1 Å². The Bertz CT molecular complexity index is 737. The van der Waals surface area contributed by atoms with Crippen molar-refractivity contribution in [3.8, 4) is 5.75 Å². The van der Waals surface area contributed by atoms with Gasteiger partial charge in [-0.3, -0.25) is 0 Å². The van der Waals surface area contributed by atoms with Crippen LogP contribution in [0.2, 0.25) is 0 Å². The number of aliphatic carboxylic acids is 1. The van der Waals surface area contributed by atoms with Crippen LogP contribution < -0.4 is 5.11 Å². The number of para-hydroxylation sites is 2. The third kappa shape index (κ3) is 3.16. The first kappa shape index (κ1) is 12.8. The summed E-state index contributed by atoms with van der Waals surface area (Å²) in [7, 11) is 0. The van der Waals surface area contributed by atoms with Crippen LogP contribution in [-0.2, 0) is 4.79 Å². The topological polar surface area (TPSA) is 86.1 Å². The molecule has 19 heavy (non-hydrogen) atoms. The summed E-state index contributed by atoms with van der Waals surface area (Å²) in [6.07, 6.45) is 0. The Labute approximate surface area is 109 Å².